The van der Waals surface area contributed by atoms with Gasteiger partial charge in [0.25, 0.3) is 0 Å². The summed E-state index contributed by atoms with van der Waals surface area (Å²) in [6.45, 7) is 8.02. The molecule has 2 fully saturated rings. The van der Waals surface area contributed by atoms with Gasteiger partial charge in [0.1, 0.15) is 0 Å². The first-order valence-electron chi connectivity index (χ1n) is 6.11. The highest BCUT2D eigenvalue weighted by atomic mass is 15.2. The van der Waals surface area contributed by atoms with E-state index in [0.717, 1.165) is 11.8 Å². The zero-order valence-corrected chi connectivity index (χ0v) is 9.74. The lowest BCUT2D eigenvalue weighted by atomic mass is 9.92. The summed E-state index contributed by atoms with van der Waals surface area (Å²) in [5, 5.41) is 12.3. The molecule has 0 saturated carbocycles. The maximum Gasteiger partial charge on any atom is 0.0638 e. The maximum atomic E-state index is 8.77. The summed E-state index contributed by atoms with van der Waals surface area (Å²) in [5.41, 5.74) is 0. The van der Waals surface area contributed by atoms with Gasteiger partial charge in [0.05, 0.1) is 12.5 Å². The van der Waals surface area contributed by atoms with Crippen molar-refractivity contribution in [1.29, 1.82) is 5.26 Å². The summed E-state index contributed by atoms with van der Waals surface area (Å²) >= 11 is 0. The maximum absolute atomic E-state index is 8.77. The Morgan fingerprint density at radius 2 is 2.33 bits per heavy atom. The molecule has 15 heavy (non-hydrogen) atoms. The standard InChI is InChI=1S/C12H21N3/c1-3-12-11-7-14-6-10(11)8-15(12)9(2)4-5-13/h9-12,14H,3-4,6-8H2,1-2H3. The van der Waals surface area contributed by atoms with Gasteiger partial charge in [-0.25, -0.2) is 0 Å². The van der Waals surface area contributed by atoms with Crippen molar-refractivity contribution in [2.75, 3.05) is 19.6 Å². The minimum atomic E-state index is 0.436. The number of nitrogens with one attached hydrogen (secondary N) is 1. The minimum absolute atomic E-state index is 0.436. The van der Waals surface area contributed by atoms with Crippen molar-refractivity contribution in [2.45, 2.75) is 38.8 Å². The number of fused-ring (bicyclic) bond motifs is 1. The molecule has 3 heteroatoms. The van der Waals surface area contributed by atoms with Crippen LogP contribution in [0.4, 0.5) is 0 Å². The zero-order chi connectivity index (χ0) is 10.8. The molecule has 0 aromatic carbocycles. The highest BCUT2D eigenvalue weighted by molar-refractivity contribution is 5.00. The molecule has 2 saturated heterocycles. The first-order valence-corrected chi connectivity index (χ1v) is 6.11. The second-order valence-corrected chi connectivity index (χ2v) is 4.97. The van der Waals surface area contributed by atoms with E-state index in [0.29, 0.717) is 18.5 Å². The summed E-state index contributed by atoms with van der Waals surface area (Å²) in [6.07, 6.45) is 1.89. The van der Waals surface area contributed by atoms with Gasteiger partial charge in [0.15, 0.2) is 0 Å². The third-order valence-electron chi connectivity index (χ3n) is 4.13. The number of nitriles is 1. The van der Waals surface area contributed by atoms with E-state index in [1.807, 2.05) is 0 Å². The Labute approximate surface area is 92.4 Å². The van der Waals surface area contributed by atoms with Gasteiger partial charge in [-0.05, 0) is 38.3 Å². The molecular weight excluding hydrogens is 186 g/mol. The largest absolute Gasteiger partial charge is 0.316 e. The predicted octanol–water partition coefficient (Wildman–Crippen LogP) is 1.22. The van der Waals surface area contributed by atoms with Gasteiger partial charge in [-0.3, -0.25) is 4.90 Å². The van der Waals surface area contributed by atoms with E-state index in [4.69, 9.17) is 5.26 Å². The van der Waals surface area contributed by atoms with Crippen molar-refractivity contribution in [3.63, 3.8) is 0 Å². The molecule has 1 N–H and O–H groups in total. The van der Waals surface area contributed by atoms with Crippen LogP contribution >= 0.6 is 0 Å². The van der Waals surface area contributed by atoms with E-state index in [1.165, 1.54) is 26.1 Å². The molecule has 2 aliphatic rings. The Morgan fingerprint density at radius 1 is 1.53 bits per heavy atom. The van der Waals surface area contributed by atoms with Crippen LogP contribution in [0, 0.1) is 23.2 Å². The van der Waals surface area contributed by atoms with Gasteiger partial charge in [-0.1, -0.05) is 6.92 Å². The van der Waals surface area contributed by atoms with E-state index in [-0.39, 0.29) is 0 Å². The summed E-state index contributed by atoms with van der Waals surface area (Å²) in [7, 11) is 0. The summed E-state index contributed by atoms with van der Waals surface area (Å²) in [4.78, 5) is 2.57. The average Bonchev–Trinajstić information content (AvgIpc) is 2.76. The van der Waals surface area contributed by atoms with Crippen molar-refractivity contribution in [3.8, 4) is 6.07 Å². The third-order valence-corrected chi connectivity index (χ3v) is 4.13. The van der Waals surface area contributed by atoms with Crippen LogP contribution in [0.3, 0.4) is 0 Å². The van der Waals surface area contributed by atoms with Crippen molar-refractivity contribution in [3.05, 3.63) is 0 Å². The molecule has 2 heterocycles. The molecule has 2 rings (SSSR count). The van der Waals surface area contributed by atoms with E-state index >= 15 is 0 Å². The first kappa shape index (κ1) is 10.9. The zero-order valence-electron chi connectivity index (χ0n) is 9.74. The number of rotatable bonds is 3. The normalized spacial score (nSPS) is 37.5. The van der Waals surface area contributed by atoms with Crippen molar-refractivity contribution >= 4 is 0 Å². The number of hydrogen-bond acceptors (Lipinski definition) is 3. The molecule has 0 aromatic rings. The lowest BCUT2D eigenvalue weighted by Crippen LogP contribution is -2.40. The van der Waals surface area contributed by atoms with Crippen LogP contribution in [0.1, 0.15) is 26.7 Å². The van der Waals surface area contributed by atoms with Crippen LogP contribution in [-0.2, 0) is 0 Å². The molecular formula is C12H21N3. The number of likely N-dealkylation sites (tertiary alicyclic amines) is 1. The smallest absolute Gasteiger partial charge is 0.0638 e. The SMILES string of the molecule is CCC1C2CNCC2CN1C(C)CC#N. The molecule has 0 amide bonds. The van der Waals surface area contributed by atoms with Gasteiger partial charge in [-0.15, -0.1) is 0 Å². The summed E-state index contributed by atoms with van der Waals surface area (Å²) in [5.74, 6) is 1.66. The predicted molar refractivity (Wildman–Crippen MR) is 60.3 cm³/mol. The molecule has 4 unspecified atom stereocenters. The van der Waals surface area contributed by atoms with Gasteiger partial charge >= 0.3 is 0 Å². The number of nitrogens with zero attached hydrogens (tertiary/aromatic N) is 2. The highest BCUT2D eigenvalue weighted by Gasteiger charge is 2.44. The Bertz CT molecular complexity index is 258. The van der Waals surface area contributed by atoms with Crippen LogP contribution in [-0.4, -0.2) is 36.6 Å². The molecule has 0 aliphatic carbocycles. The lowest BCUT2D eigenvalue weighted by Gasteiger charge is -2.31. The van der Waals surface area contributed by atoms with Crippen LogP contribution in [0.2, 0.25) is 0 Å². The van der Waals surface area contributed by atoms with Gasteiger partial charge in [0.2, 0.25) is 0 Å². The van der Waals surface area contributed by atoms with Crippen LogP contribution in [0.5, 0.6) is 0 Å². The number of hydrogen-bond donors (Lipinski definition) is 1. The second kappa shape index (κ2) is 4.51. The topological polar surface area (TPSA) is 39.1 Å². The van der Waals surface area contributed by atoms with Gasteiger partial charge < -0.3 is 5.32 Å². The molecule has 3 nitrogen and oxygen atoms in total. The van der Waals surface area contributed by atoms with Crippen LogP contribution < -0.4 is 5.32 Å². The van der Waals surface area contributed by atoms with E-state index in [2.05, 4.69) is 30.1 Å². The lowest BCUT2D eigenvalue weighted by molar-refractivity contribution is 0.167. The van der Waals surface area contributed by atoms with Crippen LogP contribution in [0.25, 0.3) is 0 Å². The molecule has 0 aromatic heterocycles. The minimum Gasteiger partial charge on any atom is -0.316 e. The van der Waals surface area contributed by atoms with E-state index in [1.54, 1.807) is 0 Å². The fourth-order valence-corrected chi connectivity index (χ4v) is 3.35. The summed E-state index contributed by atoms with van der Waals surface area (Å²) < 4.78 is 0. The average molecular weight is 207 g/mol. The van der Waals surface area contributed by atoms with E-state index < -0.39 is 0 Å². The second-order valence-electron chi connectivity index (χ2n) is 4.97. The highest BCUT2D eigenvalue weighted by Crippen LogP contribution is 2.35. The Kier molecular flexibility index (Phi) is 3.28. The summed E-state index contributed by atoms with van der Waals surface area (Å²) in [6, 6.07) is 3.44. The molecule has 84 valence electrons. The van der Waals surface area contributed by atoms with Crippen LogP contribution in [0.15, 0.2) is 0 Å². The Hall–Kier alpha value is -0.590. The molecule has 0 bridgehead atoms. The Balaban J connectivity index is 2.04. The fourth-order valence-electron chi connectivity index (χ4n) is 3.35. The van der Waals surface area contributed by atoms with Gasteiger partial charge in [-0.2, -0.15) is 5.26 Å². The molecule has 0 radical (unpaired) electrons. The fraction of sp³-hybridized carbons (Fsp3) is 0.917. The quantitative estimate of drug-likeness (QED) is 0.756. The Morgan fingerprint density at radius 3 is 3.00 bits per heavy atom. The van der Waals surface area contributed by atoms with Gasteiger partial charge in [0, 0.05) is 18.6 Å². The molecule has 4 atom stereocenters. The third kappa shape index (κ3) is 1.89. The molecule has 2 aliphatic heterocycles. The first-order chi connectivity index (χ1) is 7.27. The van der Waals surface area contributed by atoms with E-state index in [9.17, 15) is 0 Å². The van der Waals surface area contributed by atoms with Crippen molar-refractivity contribution in [1.82, 2.24) is 10.2 Å². The van der Waals surface area contributed by atoms with Crippen molar-refractivity contribution in [2.24, 2.45) is 11.8 Å². The van der Waals surface area contributed by atoms with Crippen molar-refractivity contribution < 1.29 is 0 Å². The molecule has 0 spiro atoms. The monoisotopic (exact) mass is 207 g/mol.